The summed E-state index contributed by atoms with van der Waals surface area (Å²) in [4.78, 5) is 29.9. The first kappa shape index (κ1) is 17.5. The standard InChI is InChI=1S/C20H25FN2O3/c21-16-7-5-15(6-8-16)18(14-3-4-14)20(25)23-9-1-2-17(23)19(24)22-10-12-26-13-11-22/h5-8,14,17-18H,1-4,9-13H2/t17-,18?/m0/s1. The molecule has 1 saturated carbocycles. The van der Waals surface area contributed by atoms with Crippen molar-refractivity contribution in [3.63, 3.8) is 0 Å². The van der Waals surface area contributed by atoms with Gasteiger partial charge in [0.25, 0.3) is 0 Å². The molecule has 1 aromatic rings. The lowest BCUT2D eigenvalue weighted by Gasteiger charge is -2.34. The second-order valence-corrected chi connectivity index (χ2v) is 7.49. The van der Waals surface area contributed by atoms with Gasteiger partial charge in [-0.3, -0.25) is 9.59 Å². The van der Waals surface area contributed by atoms with Crippen molar-refractivity contribution in [2.24, 2.45) is 5.92 Å². The summed E-state index contributed by atoms with van der Waals surface area (Å²) < 4.78 is 18.6. The number of nitrogens with zero attached hydrogens (tertiary/aromatic N) is 2. The molecule has 0 aromatic heterocycles. The Kier molecular flexibility index (Phi) is 4.94. The minimum atomic E-state index is -0.359. The normalized spacial score (nSPS) is 24.6. The van der Waals surface area contributed by atoms with E-state index in [0.717, 1.165) is 31.2 Å². The summed E-state index contributed by atoms with van der Waals surface area (Å²) in [5.41, 5.74) is 0.864. The number of amides is 2. The van der Waals surface area contributed by atoms with Gasteiger partial charge in [0.05, 0.1) is 19.1 Å². The van der Waals surface area contributed by atoms with E-state index < -0.39 is 0 Å². The van der Waals surface area contributed by atoms with Crippen molar-refractivity contribution in [2.75, 3.05) is 32.8 Å². The fraction of sp³-hybridized carbons (Fsp3) is 0.600. The Bertz CT molecular complexity index is 668. The maximum atomic E-state index is 13.3. The maximum absolute atomic E-state index is 13.3. The molecule has 2 aliphatic heterocycles. The monoisotopic (exact) mass is 360 g/mol. The summed E-state index contributed by atoms with van der Waals surface area (Å²) in [5, 5.41) is 0. The molecule has 3 fully saturated rings. The van der Waals surface area contributed by atoms with Crippen molar-refractivity contribution < 1.29 is 18.7 Å². The van der Waals surface area contributed by atoms with Crippen LogP contribution >= 0.6 is 0 Å². The average molecular weight is 360 g/mol. The molecular weight excluding hydrogens is 335 g/mol. The number of carbonyl (C=O) groups excluding carboxylic acids is 2. The Hall–Kier alpha value is -1.95. The average Bonchev–Trinajstić information content (AvgIpc) is 3.38. The minimum absolute atomic E-state index is 0.0308. The van der Waals surface area contributed by atoms with E-state index in [9.17, 15) is 14.0 Å². The molecule has 0 radical (unpaired) electrons. The Morgan fingerprint density at radius 3 is 2.38 bits per heavy atom. The third-order valence-electron chi connectivity index (χ3n) is 5.73. The van der Waals surface area contributed by atoms with Gasteiger partial charge in [0.15, 0.2) is 0 Å². The Labute approximate surface area is 153 Å². The van der Waals surface area contributed by atoms with Gasteiger partial charge in [-0.15, -0.1) is 0 Å². The third kappa shape index (κ3) is 3.47. The van der Waals surface area contributed by atoms with Crippen LogP contribution in [0.5, 0.6) is 0 Å². The van der Waals surface area contributed by atoms with Crippen LogP contribution in [0.1, 0.15) is 37.2 Å². The van der Waals surface area contributed by atoms with E-state index >= 15 is 0 Å². The topological polar surface area (TPSA) is 49.9 Å². The number of carbonyl (C=O) groups is 2. The summed E-state index contributed by atoms with van der Waals surface area (Å²) in [6.45, 7) is 2.95. The number of hydrogen-bond donors (Lipinski definition) is 0. The number of benzene rings is 1. The molecule has 26 heavy (non-hydrogen) atoms. The van der Waals surface area contributed by atoms with Crippen LogP contribution in [0.25, 0.3) is 0 Å². The third-order valence-corrected chi connectivity index (χ3v) is 5.73. The largest absolute Gasteiger partial charge is 0.378 e. The van der Waals surface area contributed by atoms with Gasteiger partial charge >= 0.3 is 0 Å². The molecule has 2 saturated heterocycles. The molecular formula is C20H25FN2O3. The van der Waals surface area contributed by atoms with Gasteiger partial charge in [-0.1, -0.05) is 12.1 Å². The molecule has 140 valence electrons. The van der Waals surface area contributed by atoms with Crippen molar-refractivity contribution in [3.8, 4) is 0 Å². The van der Waals surface area contributed by atoms with Gasteiger partial charge in [0.1, 0.15) is 11.9 Å². The molecule has 0 N–H and O–H groups in total. The molecule has 0 spiro atoms. The highest BCUT2D eigenvalue weighted by Crippen LogP contribution is 2.44. The van der Waals surface area contributed by atoms with Crippen molar-refractivity contribution in [2.45, 2.75) is 37.6 Å². The smallest absolute Gasteiger partial charge is 0.245 e. The predicted molar refractivity (Wildman–Crippen MR) is 94.0 cm³/mol. The highest BCUT2D eigenvalue weighted by molar-refractivity contribution is 5.91. The second-order valence-electron chi connectivity index (χ2n) is 7.49. The number of morpholine rings is 1. The van der Waals surface area contributed by atoms with Crippen molar-refractivity contribution in [1.82, 2.24) is 9.80 Å². The summed E-state index contributed by atoms with van der Waals surface area (Å²) in [6, 6.07) is 5.90. The SMILES string of the molecule is O=C([C@@H]1CCCN1C(=O)C(c1ccc(F)cc1)C1CC1)N1CCOCC1. The maximum Gasteiger partial charge on any atom is 0.245 e. The summed E-state index contributed by atoms with van der Waals surface area (Å²) in [5.74, 6) is -0.158. The second kappa shape index (κ2) is 7.35. The zero-order chi connectivity index (χ0) is 18.1. The zero-order valence-electron chi connectivity index (χ0n) is 14.9. The van der Waals surface area contributed by atoms with Crippen LogP contribution in [0, 0.1) is 11.7 Å². The number of likely N-dealkylation sites (tertiary alicyclic amines) is 1. The van der Waals surface area contributed by atoms with E-state index in [4.69, 9.17) is 4.74 Å². The lowest BCUT2D eigenvalue weighted by molar-refractivity contribution is -0.147. The fourth-order valence-corrected chi connectivity index (χ4v) is 4.18. The molecule has 1 aliphatic carbocycles. The van der Waals surface area contributed by atoms with Crippen LogP contribution in [0.4, 0.5) is 4.39 Å². The first-order chi connectivity index (χ1) is 12.6. The summed E-state index contributed by atoms with van der Waals surface area (Å²) >= 11 is 0. The van der Waals surface area contributed by atoms with Crippen LogP contribution in [0.3, 0.4) is 0 Å². The van der Waals surface area contributed by atoms with E-state index in [-0.39, 0.29) is 29.6 Å². The van der Waals surface area contributed by atoms with Crippen molar-refractivity contribution in [3.05, 3.63) is 35.6 Å². The first-order valence-electron chi connectivity index (χ1n) is 9.57. The quantitative estimate of drug-likeness (QED) is 0.827. The van der Waals surface area contributed by atoms with E-state index in [2.05, 4.69) is 0 Å². The molecule has 2 amide bonds. The lowest BCUT2D eigenvalue weighted by atomic mass is 9.92. The van der Waals surface area contributed by atoms with E-state index in [1.54, 1.807) is 17.0 Å². The fourth-order valence-electron chi connectivity index (χ4n) is 4.18. The number of hydrogen-bond acceptors (Lipinski definition) is 3. The number of halogens is 1. The van der Waals surface area contributed by atoms with Gasteiger partial charge in [0, 0.05) is 19.6 Å². The Balaban J connectivity index is 1.52. The highest BCUT2D eigenvalue weighted by atomic mass is 19.1. The predicted octanol–water partition coefficient (Wildman–Crippen LogP) is 2.17. The van der Waals surface area contributed by atoms with Crippen molar-refractivity contribution in [1.29, 1.82) is 0 Å². The minimum Gasteiger partial charge on any atom is -0.378 e. The Morgan fingerprint density at radius 2 is 1.73 bits per heavy atom. The summed E-state index contributed by atoms with van der Waals surface area (Å²) in [6.07, 6.45) is 3.61. The molecule has 1 aromatic carbocycles. The van der Waals surface area contributed by atoms with Gasteiger partial charge in [0.2, 0.25) is 11.8 Å². The van der Waals surface area contributed by atoms with Crippen LogP contribution < -0.4 is 0 Å². The zero-order valence-corrected chi connectivity index (χ0v) is 14.9. The molecule has 5 nitrogen and oxygen atoms in total. The number of rotatable bonds is 4. The van der Waals surface area contributed by atoms with Gasteiger partial charge in [-0.05, 0) is 49.3 Å². The van der Waals surface area contributed by atoms with Crippen LogP contribution in [-0.2, 0) is 14.3 Å². The van der Waals surface area contributed by atoms with E-state index in [1.165, 1.54) is 12.1 Å². The van der Waals surface area contributed by atoms with Crippen molar-refractivity contribution >= 4 is 11.8 Å². The van der Waals surface area contributed by atoms with Crippen LogP contribution in [-0.4, -0.2) is 60.5 Å². The lowest BCUT2D eigenvalue weighted by Crippen LogP contribution is -2.52. The molecule has 3 aliphatic rings. The molecule has 4 rings (SSSR count). The van der Waals surface area contributed by atoms with Gasteiger partial charge < -0.3 is 14.5 Å². The first-order valence-corrected chi connectivity index (χ1v) is 9.57. The molecule has 1 unspecified atom stereocenters. The van der Waals surface area contributed by atoms with E-state index in [1.807, 2.05) is 4.90 Å². The molecule has 6 heteroatoms. The number of ether oxygens (including phenoxy) is 1. The van der Waals surface area contributed by atoms with Gasteiger partial charge in [-0.2, -0.15) is 0 Å². The molecule has 2 heterocycles. The van der Waals surface area contributed by atoms with Crippen LogP contribution in [0.15, 0.2) is 24.3 Å². The van der Waals surface area contributed by atoms with E-state index in [0.29, 0.717) is 38.8 Å². The van der Waals surface area contributed by atoms with Gasteiger partial charge in [-0.25, -0.2) is 4.39 Å². The van der Waals surface area contributed by atoms with Crippen LogP contribution in [0.2, 0.25) is 0 Å². The highest BCUT2D eigenvalue weighted by Gasteiger charge is 2.44. The Morgan fingerprint density at radius 1 is 1.04 bits per heavy atom. The molecule has 0 bridgehead atoms. The molecule has 2 atom stereocenters. The summed E-state index contributed by atoms with van der Waals surface area (Å²) in [7, 11) is 0.